The van der Waals surface area contributed by atoms with Gasteiger partial charge < -0.3 is 0 Å². The van der Waals surface area contributed by atoms with E-state index in [-0.39, 0.29) is 11.7 Å². The van der Waals surface area contributed by atoms with Gasteiger partial charge in [0.25, 0.3) is 0 Å². The second-order valence-corrected chi connectivity index (χ2v) is 4.67. The maximum absolute atomic E-state index is 11.3. The van der Waals surface area contributed by atoms with E-state index in [1.54, 1.807) is 11.4 Å². The maximum Gasteiger partial charge on any atom is 0.196 e. The first-order valence-electron chi connectivity index (χ1n) is 4.51. The number of benzene rings is 1. The Morgan fingerprint density at radius 1 is 1.44 bits per heavy atom. The predicted molar refractivity (Wildman–Crippen MR) is 67.6 cm³/mol. The van der Waals surface area contributed by atoms with Crippen molar-refractivity contribution in [3.63, 3.8) is 0 Å². The summed E-state index contributed by atoms with van der Waals surface area (Å²) in [5, 5.41) is 3.13. The third kappa shape index (κ3) is 2.43. The lowest BCUT2D eigenvalue weighted by atomic mass is 10.2. The van der Waals surface area contributed by atoms with Crippen molar-refractivity contribution in [2.75, 3.05) is 5.88 Å². The zero-order chi connectivity index (χ0) is 11.5. The minimum absolute atomic E-state index is 0.0429. The van der Waals surface area contributed by atoms with Crippen LogP contribution in [0, 0.1) is 0 Å². The standard InChI is InChI=1S/C11H7Cl2NOS/c12-5-10(15)9-6-16-11(14-9)7-2-1-3-8(13)4-7/h1-4,6H,5H2. The Hall–Kier alpha value is -0.900. The van der Waals surface area contributed by atoms with Crippen molar-refractivity contribution in [2.24, 2.45) is 0 Å². The van der Waals surface area contributed by atoms with Gasteiger partial charge in [0.1, 0.15) is 10.7 Å². The summed E-state index contributed by atoms with van der Waals surface area (Å²) in [6.07, 6.45) is 0. The van der Waals surface area contributed by atoms with Crippen molar-refractivity contribution in [3.8, 4) is 10.6 Å². The average molecular weight is 272 g/mol. The van der Waals surface area contributed by atoms with Crippen LogP contribution in [-0.4, -0.2) is 16.6 Å². The van der Waals surface area contributed by atoms with Gasteiger partial charge in [-0.05, 0) is 12.1 Å². The van der Waals surface area contributed by atoms with E-state index in [0.29, 0.717) is 10.7 Å². The Labute approximate surface area is 107 Å². The number of rotatable bonds is 3. The number of carbonyl (C=O) groups is 1. The first-order valence-corrected chi connectivity index (χ1v) is 6.30. The first-order chi connectivity index (χ1) is 7.70. The normalized spacial score (nSPS) is 10.4. The highest BCUT2D eigenvalue weighted by atomic mass is 35.5. The van der Waals surface area contributed by atoms with Crippen molar-refractivity contribution in [3.05, 3.63) is 40.4 Å². The van der Waals surface area contributed by atoms with Crippen LogP contribution in [-0.2, 0) is 0 Å². The first kappa shape index (κ1) is 11.6. The Kier molecular flexibility index (Phi) is 3.59. The molecule has 5 heteroatoms. The number of thiazole rings is 1. The molecular weight excluding hydrogens is 265 g/mol. The molecule has 1 heterocycles. The van der Waals surface area contributed by atoms with Gasteiger partial charge in [0.15, 0.2) is 5.78 Å². The second kappa shape index (κ2) is 4.95. The molecule has 0 aliphatic carbocycles. The van der Waals surface area contributed by atoms with Crippen molar-refractivity contribution >= 4 is 40.3 Å². The Morgan fingerprint density at radius 3 is 2.94 bits per heavy atom. The molecule has 0 saturated heterocycles. The van der Waals surface area contributed by atoms with Gasteiger partial charge in [-0.1, -0.05) is 23.7 Å². The van der Waals surface area contributed by atoms with Crippen LogP contribution >= 0.6 is 34.5 Å². The van der Waals surface area contributed by atoms with Crippen LogP contribution in [0.5, 0.6) is 0 Å². The zero-order valence-corrected chi connectivity index (χ0v) is 10.4. The molecule has 0 spiro atoms. The van der Waals surface area contributed by atoms with E-state index in [4.69, 9.17) is 23.2 Å². The highest BCUT2D eigenvalue weighted by Crippen LogP contribution is 2.26. The van der Waals surface area contributed by atoms with Gasteiger partial charge in [-0.2, -0.15) is 0 Å². The van der Waals surface area contributed by atoms with Crippen LogP contribution in [0.4, 0.5) is 0 Å². The van der Waals surface area contributed by atoms with Crippen LogP contribution in [0.1, 0.15) is 10.5 Å². The van der Waals surface area contributed by atoms with E-state index in [1.807, 2.05) is 18.2 Å². The monoisotopic (exact) mass is 271 g/mol. The fraction of sp³-hybridized carbons (Fsp3) is 0.0909. The molecule has 0 aliphatic rings. The molecule has 0 bridgehead atoms. The molecule has 16 heavy (non-hydrogen) atoms. The number of hydrogen-bond acceptors (Lipinski definition) is 3. The van der Waals surface area contributed by atoms with Crippen LogP contribution in [0.2, 0.25) is 5.02 Å². The Morgan fingerprint density at radius 2 is 2.25 bits per heavy atom. The molecule has 0 radical (unpaired) electrons. The van der Waals surface area contributed by atoms with Crippen molar-refractivity contribution in [1.29, 1.82) is 0 Å². The second-order valence-electron chi connectivity index (χ2n) is 3.11. The fourth-order valence-electron chi connectivity index (χ4n) is 1.22. The van der Waals surface area contributed by atoms with Gasteiger partial charge in [0, 0.05) is 16.0 Å². The number of hydrogen-bond donors (Lipinski definition) is 0. The lowest BCUT2D eigenvalue weighted by Crippen LogP contribution is -1.99. The molecule has 2 aromatic rings. The summed E-state index contributed by atoms with van der Waals surface area (Å²) in [6.45, 7) is 0. The molecule has 0 unspecified atom stereocenters. The number of Topliss-reactive ketones (excluding diaryl/α,β-unsaturated/α-hetero) is 1. The quantitative estimate of drug-likeness (QED) is 0.626. The molecule has 1 aromatic heterocycles. The number of nitrogens with zero attached hydrogens (tertiary/aromatic N) is 1. The minimum Gasteiger partial charge on any atom is -0.291 e. The van der Waals surface area contributed by atoms with Crippen molar-refractivity contribution in [2.45, 2.75) is 0 Å². The SMILES string of the molecule is O=C(CCl)c1csc(-c2cccc(Cl)c2)n1. The van der Waals surface area contributed by atoms with E-state index in [2.05, 4.69) is 4.98 Å². The van der Waals surface area contributed by atoms with Crippen LogP contribution < -0.4 is 0 Å². The maximum atomic E-state index is 11.3. The van der Waals surface area contributed by atoms with Crippen molar-refractivity contribution in [1.82, 2.24) is 4.98 Å². The number of ketones is 1. The summed E-state index contributed by atoms with van der Waals surface area (Å²) < 4.78 is 0. The predicted octanol–water partition coefficient (Wildman–Crippen LogP) is 3.89. The van der Waals surface area contributed by atoms with E-state index >= 15 is 0 Å². The molecule has 0 fully saturated rings. The smallest absolute Gasteiger partial charge is 0.196 e. The largest absolute Gasteiger partial charge is 0.291 e. The average Bonchev–Trinajstić information content (AvgIpc) is 2.77. The highest BCUT2D eigenvalue weighted by molar-refractivity contribution is 7.13. The summed E-state index contributed by atoms with van der Waals surface area (Å²) in [5.74, 6) is -0.204. The number of carbonyl (C=O) groups excluding carboxylic acids is 1. The molecule has 0 aliphatic heterocycles. The summed E-state index contributed by atoms with van der Waals surface area (Å²) in [5.41, 5.74) is 1.32. The van der Waals surface area contributed by atoms with E-state index in [9.17, 15) is 4.79 Å². The molecular formula is C11H7Cl2NOS. The molecule has 0 saturated carbocycles. The van der Waals surface area contributed by atoms with Gasteiger partial charge >= 0.3 is 0 Å². The third-order valence-electron chi connectivity index (χ3n) is 1.98. The molecule has 0 atom stereocenters. The summed E-state index contributed by atoms with van der Waals surface area (Å²) in [7, 11) is 0. The highest BCUT2D eigenvalue weighted by Gasteiger charge is 2.10. The Balaban J connectivity index is 2.35. The van der Waals surface area contributed by atoms with E-state index in [0.717, 1.165) is 10.6 Å². The minimum atomic E-state index is -0.161. The zero-order valence-electron chi connectivity index (χ0n) is 8.11. The van der Waals surface area contributed by atoms with Crippen LogP contribution in [0.3, 0.4) is 0 Å². The van der Waals surface area contributed by atoms with E-state index in [1.165, 1.54) is 11.3 Å². The van der Waals surface area contributed by atoms with Gasteiger partial charge in [0.05, 0.1) is 5.88 Å². The topological polar surface area (TPSA) is 30.0 Å². The molecule has 1 aromatic carbocycles. The Bertz CT molecular complexity index is 524. The van der Waals surface area contributed by atoms with Gasteiger partial charge in [-0.3, -0.25) is 4.79 Å². The lowest BCUT2D eigenvalue weighted by Gasteiger charge is -1.96. The molecule has 82 valence electrons. The van der Waals surface area contributed by atoms with E-state index < -0.39 is 0 Å². The number of halogens is 2. The summed E-state index contributed by atoms with van der Waals surface area (Å²) in [6, 6.07) is 7.36. The summed E-state index contributed by atoms with van der Waals surface area (Å²) in [4.78, 5) is 15.5. The molecule has 2 rings (SSSR count). The molecule has 2 nitrogen and oxygen atoms in total. The van der Waals surface area contributed by atoms with Crippen LogP contribution in [0.25, 0.3) is 10.6 Å². The third-order valence-corrected chi connectivity index (χ3v) is 3.35. The van der Waals surface area contributed by atoms with Crippen molar-refractivity contribution < 1.29 is 4.79 Å². The summed E-state index contributed by atoms with van der Waals surface area (Å²) >= 11 is 12.7. The number of aromatic nitrogens is 1. The lowest BCUT2D eigenvalue weighted by molar-refractivity contribution is 0.101. The number of alkyl halides is 1. The van der Waals surface area contributed by atoms with Gasteiger partial charge in [-0.25, -0.2) is 4.98 Å². The van der Waals surface area contributed by atoms with Crippen LogP contribution in [0.15, 0.2) is 29.6 Å². The van der Waals surface area contributed by atoms with Gasteiger partial charge in [-0.15, -0.1) is 22.9 Å². The van der Waals surface area contributed by atoms with Gasteiger partial charge in [0.2, 0.25) is 0 Å². The molecule has 0 amide bonds. The fourth-order valence-corrected chi connectivity index (χ4v) is 2.37. The molecule has 0 N–H and O–H groups in total.